The molecule has 4 aromatic rings. The van der Waals surface area contributed by atoms with Gasteiger partial charge in [-0.25, -0.2) is 4.39 Å². The second-order valence-corrected chi connectivity index (χ2v) is 8.95. The van der Waals surface area contributed by atoms with Crippen molar-refractivity contribution in [3.63, 3.8) is 0 Å². The first-order valence-electron chi connectivity index (χ1n) is 11.6. The molecule has 0 radical (unpaired) electrons. The summed E-state index contributed by atoms with van der Waals surface area (Å²) in [4.78, 5) is 17.8. The lowest BCUT2D eigenvalue weighted by molar-refractivity contribution is 0.102. The van der Waals surface area contributed by atoms with Crippen molar-refractivity contribution >= 4 is 22.6 Å². The highest BCUT2D eigenvalue weighted by atomic mass is 19.1. The summed E-state index contributed by atoms with van der Waals surface area (Å²) in [6, 6.07) is 21.5. The SMILES string of the molecule is Cc1ccc(C(=O)Nc2c(C(c3cccc(F)c3)N3CCN(C)CC3)oc3ccccc23)cc1. The third-order valence-corrected chi connectivity index (χ3v) is 6.49. The first kappa shape index (κ1) is 22.3. The molecule has 1 amide bonds. The highest BCUT2D eigenvalue weighted by molar-refractivity contribution is 6.09. The van der Waals surface area contributed by atoms with E-state index in [9.17, 15) is 9.18 Å². The second-order valence-electron chi connectivity index (χ2n) is 8.95. The monoisotopic (exact) mass is 457 g/mol. The fraction of sp³-hybridized carbons (Fsp3) is 0.250. The Labute approximate surface area is 198 Å². The molecular weight excluding hydrogens is 429 g/mol. The van der Waals surface area contributed by atoms with Gasteiger partial charge >= 0.3 is 0 Å². The molecule has 174 valence electrons. The molecule has 1 aliphatic rings. The van der Waals surface area contributed by atoms with Gasteiger partial charge in [-0.05, 0) is 55.9 Å². The van der Waals surface area contributed by atoms with Gasteiger partial charge < -0.3 is 14.6 Å². The number of fused-ring (bicyclic) bond motifs is 1. The number of nitrogens with one attached hydrogen (secondary N) is 1. The lowest BCUT2D eigenvalue weighted by Crippen LogP contribution is -2.46. The van der Waals surface area contributed by atoms with Crippen LogP contribution < -0.4 is 5.32 Å². The quantitative estimate of drug-likeness (QED) is 0.432. The Hall–Kier alpha value is -3.48. The van der Waals surface area contributed by atoms with Crippen LogP contribution in [0.1, 0.15) is 33.3 Å². The van der Waals surface area contributed by atoms with Gasteiger partial charge in [0.25, 0.3) is 5.91 Å². The van der Waals surface area contributed by atoms with Crippen LogP contribution in [0.5, 0.6) is 0 Å². The molecule has 6 heteroatoms. The maximum Gasteiger partial charge on any atom is 0.255 e. The molecule has 0 spiro atoms. The van der Waals surface area contributed by atoms with Gasteiger partial charge in [0.15, 0.2) is 0 Å². The number of halogens is 1. The molecular formula is C28H28FN3O2. The molecule has 1 atom stereocenters. The number of piperazine rings is 1. The van der Waals surface area contributed by atoms with Crippen molar-refractivity contribution in [2.24, 2.45) is 0 Å². The number of anilines is 1. The van der Waals surface area contributed by atoms with E-state index < -0.39 is 0 Å². The maximum absolute atomic E-state index is 14.3. The number of hydrogen-bond donors (Lipinski definition) is 1. The van der Waals surface area contributed by atoms with Crippen molar-refractivity contribution in [2.75, 3.05) is 38.5 Å². The largest absolute Gasteiger partial charge is 0.457 e. The van der Waals surface area contributed by atoms with Crippen molar-refractivity contribution in [1.82, 2.24) is 9.80 Å². The number of rotatable bonds is 5. The summed E-state index contributed by atoms with van der Waals surface area (Å²) < 4.78 is 20.7. The molecule has 0 saturated carbocycles. The van der Waals surface area contributed by atoms with E-state index in [1.807, 2.05) is 61.5 Å². The smallest absolute Gasteiger partial charge is 0.255 e. The minimum atomic E-state index is -0.329. The maximum atomic E-state index is 14.3. The van der Waals surface area contributed by atoms with Crippen LogP contribution in [-0.4, -0.2) is 48.9 Å². The molecule has 1 saturated heterocycles. The summed E-state index contributed by atoms with van der Waals surface area (Å²) in [5, 5.41) is 3.95. The zero-order valence-electron chi connectivity index (χ0n) is 19.4. The predicted molar refractivity (Wildman–Crippen MR) is 133 cm³/mol. The lowest BCUT2D eigenvalue weighted by atomic mass is 9.99. The van der Waals surface area contributed by atoms with Crippen molar-refractivity contribution in [3.05, 3.63) is 101 Å². The Morgan fingerprint density at radius 3 is 2.44 bits per heavy atom. The Morgan fingerprint density at radius 1 is 0.971 bits per heavy atom. The van der Waals surface area contributed by atoms with E-state index in [1.165, 1.54) is 6.07 Å². The summed E-state index contributed by atoms with van der Waals surface area (Å²) in [6.45, 7) is 5.40. The van der Waals surface area contributed by atoms with Crippen LogP contribution in [0.2, 0.25) is 0 Å². The molecule has 1 fully saturated rings. The molecule has 1 N–H and O–H groups in total. The number of benzene rings is 3. The van der Waals surface area contributed by atoms with Gasteiger partial charge in [-0.3, -0.25) is 9.69 Å². The molecule has 1 aliphatic heterocycles. The first-order chi connectivity index (χ1) is 16.5. The first-order valence-corrected chi connectivity index (χ1v) is 11.6. The number of furan rings is 1. The topological polar surface area (TPSA) is 48.7 Å². The third kappa shape index (κ3) is 4.47. The van der Waals surface area contributed by atoms with E-state index in [2.05, 4.69) is 22.2 Å². The van der Waals surface area contributed by atoms with E-state index in [4.69, 9.17) is 4.42 Å². The minimum absolute atomic E-state index is 0.204. The zero-order valence-corrected chi connectivity index (χ0v) is 19.4. The normalized spacial score (nSPS) is 16.0. The number of carbonyl (C=O) groups excluding carboxylic acids is 1. The van der Waals surface area contributed by atoms with Crippen LogP contribution in [0.4, 0.5) is 10.1 Å². The van der Waals surface area contributed by atoms with E-state index in [1.54, 1.807) is 12.1 Å². The fourth-order valence-electron chi connectivity index (χ4n) is 4.56. The highest BCUT2D eigenvalue weighted by Gasteiger charge is 2.32. The molecule has 34 heavy (non-hydrogen) atoms. The summed E-state index contributed by atoms with van der Waals surface area (Å²) in [6.07, 6.45) is 0. The Balaban J connectivity index is 1.62. The van der Waals surface area contributed by atoms with Gasteiger partial charge in [0.05, 0.1) is 11.7 Å². The van der Waals surface area contributed by atoms with E-state index >= 15 is 0 Å². The average molecular weight is 458 g/mol. The number of hydrogen-bond acceptors (Lipinski definition) is 4. The lowest BCUT2D eigenvalue weighted by Gasteiger charge is -2.37. The Bertz CT molecular complexity index is 1310. The average Bonchev–Trinajstić information content (AvgIpc) is 3.19. The van der Waals surface area contributed by atoms with Crippen molar-refractivity contribution < 1.29 is 13.6 Å². The van der Waals surface area contributed by atoms with E-state index in [0.29, 0.717) is 22.6 Å². The molecule has 1 unspecified atom stereocenters. The van der Waals surface area contributed by atoms with Crippen LogP contribution in [0.3, 0.4) is 0 Å². The second kappa shape index (κ2) is 9.41. The summed E-state index contributed by atoms with van der Waals surface area (Å²) >= 11 is 0. The molecule has 0 bridgehead atoms. The van der Waals surface area contributed by atoms with Crippen LogP contribution in [0.25, 0.3) is 11.0 Å². The molecule has 5 rings (SSSR count). The summed E-state index contributed by atoms with van der Waals surface area (Å²) in [5.74, 6) is 0.124. The third-order valence-electron chi connectivity index (χ3n) is 6.49. The molecule has 5 nitrogen and oxygen atoms in total. The molecule has 0 aliphatic carbocycles. The Kier molecular flexibility index (Phi) is 6.18. The van der Waals surface area contributed by atoms with Crippen LogP contribution in [0.15, 0.2) is 77.2 Å². The van der Waals surface area contributed by atoms with Gasteiger partial charge in [-0.2, -0.15) is 0 Å². The van der Waals surface area contributed by atoms with Gasteiger partial charge in [-0.15, -0.1) is 0 Å². The summed E-state index contributed by atoms with van der Waals surface area (Å²) in [5.41, 5.74) is 3.78. The Morgan fingerprint density at radius 2 is 1.71 bits per heavy atom. The van der Waals surface area contributed by atoms with Gasteiger partial charge in [0.1, 0.15) is 17.2 Å². The predicted octanol–water partition coefficient (Wildman–Crippen LogP) is 5.47. The fourth-order valence-corrected chi connectivity index (χ4v) is 4.56. The minimum Gasteiger partial charge on any atom is -0.457 e. The number of amides is 1. The van der Waals surface area contributed by atoms with E-state index in [0.717, 1.165) is 42.7 Å². The van der Waals surface area contributed by atoms with Crippen LogP contribution >= 0.6 is 0 Å². The van der Waals surface area contributed by atoms with Crippen molar-refractivity contribution in [3.8, 4) is 0 Å². The van der Waals surface area contributed by atoms with Crippen molar-refractivity contribution in [1.29, 1.82) is 0 Å². The van der Waals surface area contributed by atoms with Crippen LogP contribution in [0, 0.1) is 12.7 Å². The molecule has 1 aromatic heterocycles. The zero-order chi connectivity index (χ0) is 23.7. The number of nitrogens with zero attached hydrogens (tertiary/aromatic N) is 2. The number of para-hydroxylation sites is 1. The number of likely N-dealkylation sites (N-methyl/N-ethyl adjacent to an activating group) is 1. The van der Waals surface area contributed by atoms with Crippen molar-refractivity contribution in [2.45, 2.75) is 13.0 Å². The van der Waals surface area contributed by atoms with Gasteiger partial charge in [0.2, 0.25) is 0 Å². The number of carbonyl (C=O) groups is 1. The standard InChI is InChI=1S/C28H28FN3O2/c1-19-10-12-20(13-11-19)28(33)30-25-23-8-3-4-9-24(23)34-27(25)26(21-6-5-7-22(29)18-21)32-16-14-31(2)15-17-32/h3-13,18,26H,14-17H2,1-2H3,(H,30,33). The summed E-state index contributed by atoms with van der Waals surface area (Å²) in [7, 11) is 2.10. The van der Waals surface area contributed by atoms with Gasteiger partial charge in [0, 0.05) is 37.1 Å². The molecule has 3 aromatic carbocycles. The van der Waals surface area contributed by atoms with Crippen LogP contribution in [-0.2, 0) is 0 Å². The number of aryl methyl sites for hydroxylation is 1. The van der Waals surface area contributed by atoms with Gasteiger partial charge in [-0.1, -0.05) is 42.0 Å². The van der Waals surface area contributed by atoms with E-state index in [-0.39, 0.29) is 17.8 Å². The molecule has 2 heterocycles. The highest BCUT2D eigenvalue weighted by Crippen LogP contribution is 2.41.